The van der Waals surface area contributed by atoms with Crippen LogP contribution >= 0.6 is 12.2 Å². The van der Waals surface area contributed by atoms with Gasteiger partial charge in [-0.05, 0) is 57.4 Å². The molecule has 1 aromatic rings. The summed E-state index contributed by atoms with van der Waals surface area (Å²) in [5.41, 5.74) is 3.23. The van der Waals surface area contributed by atoms with E-state index >= 15 is 0 Å². The second-order valence-corrected chi connectivity index (χ2v) is 7.96. The van der Waals surface area contributed by atoms with Crippen LogP contribution in [0.1, 0.15) is 98.4 Å². The Bertz CT molecular complexity index is 522. The molecule has 1 aromatic carbocycles. The van der Waals surface area contributed by atoms with Crippen molar-refractivity contribution in [2.75, 3.05) is 0 Å². The van der Waals surface area contributed by atoms with Crippen molar-refractivity contribution in [3.63, 3.8) is 0 Å². The zero-order chi connectivity index (χ0) is 19.2. The second-order valence-electron chi connectivity index (χ2n) is 7.34. The monoisotopic (exact) mass is 375 g/mol. The maximum atomic E-state index is 4.89. The molecule has 2 rings (SSSR count). The quantitative estimate of drug-likeness (QED) is 0.282. The Morgan fingerprint density at radius 3 is 2.38 bits per heavy atom. The number of unbranched alkanes of at least 4 members (excludes halogenated alkanes) is 2. The predicted molar refractivity (Wildman–Crippen MR) is 123 cm³/mol. The summed E-state index contributed by atoms with van der Waals surface area (Å²) in [7, 11) is 0. The highest BCUT2D eigenvalue weighted by atomic mass is 32.1. The normalized spacial score (nSPS) is 16.5. The van der Waals surface area contributed by atoms with Crippen LogP contribution in [0.2, 0.25) is 0 Å². The van der Waals surface area contributed by atoms with Gasteiger partial charge in [0.1, 0.15) is 0 Å². The van der Waals surface area contributed by atoms with E-state index in [4.69, 9.17) is 12.2 Å². The van der Waals surface area contributed by atoms with Crippen LogP contribution in [-0.4, -0.2) is 11.0 Å². The number of nitrogens with one attached hydrogen (secondary N) is 1. The van der Waals surface area contributed by atoms with Gasteiger partial charge in [-0.25, -0.2) is 0 Å². The Kier molecular flexibility index (Phi) is 12.3. The molecule has 26 heavy (non-hydrogen) atoms. The zero-order valence-corrected chi connectivity index (χ0v) is 18.2. The Labute approximate surface area is 169 Å². The van der Waals surface area contributed by atoms with Gasteiger partial charge >= 0.3 is 0 Å². The van der Waals surface area contributed by atoms with Gasteiger partial charge in [0.25, 0.3) is 0 Å². The molecule has 0 saturated carbocycles. The lowest BCUT2D eigenvalue weighted by Crippen LogP contribution is -2.30. The molecule has 0 bridgehead atoms. The standard InChI is InChI=1S/C17H24.C7H15NS.H2/c1-2-3-5-10-15-13-8-9-14-17(15)16-11-6-4-7-12-16;1-4-7(5-2)8-6(3)9;/h4,6-7,11-13,17H,2-3,5,8-10,14H2,1H3;7H,4-5H2,1-3H3,(H,8,9);1H. The smallest absolute Gasteiger partial charge is 0.0724 e. The van der Waals surface area contributed by atoms with E-state index in [-0.39, 0.29) is 1.43 Å². The molecule has 0 radical (unpaired) electrons. The summed E-state index contributed by atoms with van der Waals surface area (Å²) < 4.78 is 0. The average Bonchev–Trinajstić information content (AvgIpc) is 2.68. The summed E-state index contributed by atoms with van der Waals surface area (Å²) in [5.74, 6) is 0.710. The van der Waals surface area contributed by atoms with E-state index < -0.39 is 0 Å². The van der Waals surface area contributed by atoms with Crippen LogP contribution < -0.4 is 5.32 Å². The second kappa shape index (κ2) is 14.0. The van der Waals surface area contributed by atoms with E-state index in [2.05, 4.69) is 62.5 Å². The molecule has 0 saturated heterocycles. The number of allylic oxidation sites excluding steroid dienone is 2. The van der Waals surface area contributed by atoms with Gasteiger partial charge < -0.3 is 5.32 Å². The van der Waals surface area contributed by atoms with Crippen molar-refractivity contribution < 1.29 is 1.43 Å². The van der Waals surface area contributed by atoms with Crippen molar-refractivity contribution in [2.24, 2.45) is 0 Å². The molecule has 1 unspecified atom stereocenters. The molecule has 1 aliphatic carbocycles. The highest BCUT2D eigenvalue weighted by Crippen LogP contribution is 2.36. The van der Waals surface area contributed by atoms with Gasteiger partial charge in [0.15, 0.2) is 0 Å². The van der Waals surface area contributed by atoms with Crippen molar-refractivity contribution in [2.45, 2.75) is 97.4 Å². The fraction of sp³-hybridized carbons (Fsp3) is 0.625. The van der Waals surface area contributed by atoms with Crippen LogP contribution in [0.5, 0.6) is 0 Å². The molecule has 148 valence electrons. The molecule has 0 amide bonds. The highest BCUT2D eigenvalue weighted by Gasteiger charge is 2.18. The van der Waals surface area contributed by atoms with Gasteiger partial charge in [-0.1, -0.05) is 87.8 Å². The molecule has 0 heterocycles. The lowest BCUT2D eigenvalue weighted by molar-refractivity contribution is 0.572. The average molecular weight is 376 g/mol. The first-order chi connectivity index (χ1) is 12.6. The first-order valence-electron chi connectivity index (χ1n) is 10.6. The first kappa shape index (κ1) is 22.9. The minimum atomic E-state index is 0. The fourth-order valence-electron chi connectivity index (χ4n) is 3.64. The molecule has 0 aliphatic heterocycles. The van der Waals surface area contributed by atoms with Crippen LogP contribution in [0, 0.1) is 0 Å². The van der Waals surface area contributed by atoms with Crippen LogP contribution in [0.15, 0.2) is 42.0 Å². The molecule has 1 nitrogen and oxygen atoms in total. The van der Waals surface area contributed by atoms with Crippen molar-refractivity contribution in [1.82, 2.24) is 5.32 Å². The molecule has 2 heteroatoms. The number of rotatable bonds is 8. The van der Waals surface area contributed by atoms with Crippen molar-refractivity contribution in [3.05, 3.63) is 47.5 Å². The van der Waals surface area contributed by atoms with Crippen molar-refractivity contribution in [3.8, 4) is 0 Å². The third kappa shape index (κ3) is 8.98. The topological polar surface area (TPSA) is 12.0 Å². The van der Waals surface area contributed by atoms with Gasteiger partial charge in [0.2, 0.25) is 0 Å². The summed E-state index contributed by atoms with van der Waals surface area (Å²) in [5, 5.41) is 3.21. The third-order valence-corrected chi connectivity index (χ3v) is 5.33. The maximum absolute atomic E-state index is 4.89. The lowest BCUT2D eigenvalue weighted by atomic mass is 9.80. The van der Waals surface area contributed by atoms with Gasteiger partial charge in [-0.2, -0.15) is 0 Å². The van der Waals surface area contributed by atoms with E-state index in [9.17, 15) is 0 Å². The summed E-state index contributed by atoms with van der Waals surface area (Å²) >= 11 is 4.89. The summed E-state index contributed by atoms with van der Waals surface area (Å²) in [6, 6.07) is 11.6. The molecule has 0 fully saturated rings. The number of benzene rings is 1. The maximum Gasteiger partial charge on any atom is 0.0724 e. The largest absolute Gasteiger partial charge is 0.377 e. The molecule has 1 aliphatic rings. The van der Waals surface area contributed by atoms with Crippen LogP contribution in [-0.2, 0) is 0 Å². The summed E-state index contributed by atoms with van der Waals surface area (Å²) in [4.78, 5) is 0.906. The van der Waals surface area contributed by atoms with E-state index in [0.717, 1.165) is 17.8 Å². The number of hydrogen-bond acceptors (Lipinski definition) is 1. The van der Waals surface area contributed by atoms with Crippen molar-refractivity contribution in [1.29, 1.82) is 0 Å². The van der Waals surface area contributed by atoms with E-state index in [1.165, 1.54) is 50.5 Å². The van der Waals surface area contributed by atoms with E-state index in [0.29, 0.717) is 12.0 Å². The van der Waals surface area contributed by atoms with Crippen LogP contribution in [0.4, 0.5) is 0 Å². The van der Waals surface area contributed by atoms with Crippen molar-refractivity contribution >= 4 is 17.2 Å². The molecule has 1 N–H and O–H groups in total. The zero-order valence-electron chi connectivity index (χ0n) is 17.4. The fourth-order valence-corrected chi connectivity index (χ4v) is 3.81. The van der Waals surface area contributed by atoms with Gasteiger partial charge in [-0.3, -0.25) is 0 Å². The van der Waals surface area contributed by atoms with Gasteiger partial charge in [0.05, 0.1) is 4.99 Å². The molecule has 0 aromatic heterocycles. The summed E-state index contributed by atoms with van der Waals surface area (Å²) in [6.07, 6.45) is 14.2. The predicted octanol–water partition coefficient (Wildman–Crippen LogP) is 7.82. The molecular weight excluding hydrogens is 334 g/mol. The number of hydrogen-bond donors (Lipinski definition) is 1. The Morgan fingerprint density at radius 2 is 1.85 bits per heavy atom. The Hall–Kier alpha value is -1.15. The van der Waals surface area contributed by atoms with Gasteiger partial charge in [0, 0.05) is 13.4 Å². The van der Waals surface area contributed by atoms with E-state index in [1.807, 2.05) is 6.92 Å². The minimum Gasteiger partial charge on any atom is -0.377 e. The highest BCUT2D eigenvalue weighted by molar-refractivity contribution is 7.80. The first-order valence-corrected chi connectivity index (χ1v) is 11.0. The molecular formula is C24H41NS. The van der Waals surface area contributed by atoms with Gasteiger partial charge in [-0.15, -0.1) is 0 Å². The van der Waals surface area contributed by atoms with Crippen LogP contribution in [0.3, 0.4) is 0 Å². The SMILES string of the molecule is CCC(CC)NC(C)=S.CCCCCC1=CCCCC1c1ccccc1.[HH]. The lowest BCUT2D eigenvalue weighted by Gasteiger charge is -2.25. The van der Waals surface area contributed by atoms with E-state index in [1.54, 1.807) is 5.57 Å². The Balaban J connectivity index is 0.000000584. The minimum absolute atomic E-state index is 0. The number of thiocarbonyl (C=S) groups is 1. The summed E-state index contributed by atoms with van der Waals surface area (Å²) in [6.45, 7) is 8.54. The Morgan fingerprint density at radius 1 is 1.15 bits per heavy atom. The third-order valence-electron chi connectivity index (χ3n) is 5.21. The molecule has 0 spiro atoms. The molecule has 1 atom stereocenters. The van der Waals surface area contributed by atoms with Crippen LogP contribution in [0.25, 0.3) is 0 Å².